The van der Waals surface area contributed by atoms with Gasteiger partial charge in [-0.25, -0.2) is 4.39 Å². The van der Waals surface area contributed by atoms with Gasteiger partial charge in [0.05, 0.1) is 0 Å². The van der Waals surface area contributed by atoms with Crippen LogP contribution in [0.2, 0.25) is 0 Å². The number of primary amides is 1. The average molecular weight is 327 g/mol. The van der Waals surface area contributed by atoms with Crippen molar-refractivity contribution in [1.82, 2.24) is 9.80 Å². The Morgan fingerprint density at radius 3 is 2.21 bits per heavy atom. The highest BCUT2D eigenvalue weighted by Gasteiger charge is 2.28. The maximum absolute atomic E-state index is 13.1. The first-order valence-corrected chi connectivity index (χ1v) is 8.18. The lowest BCUT2D eigenvalue weighted by Crippen LogP contribution is -2.49. The van der Waals surface area contributed by atoms with Gasteiger partial charge in [0.1, 0.15) is 11.9 Å². The molecule has 0 bridgehead atoms. The van der Waals surface area contributed by atoms with Gasteiger partial charge in [-0.3, -0.25) is 14.6 Å². The molecule has 0 saturated carbocycles. The fourth-order valence-corrected chi connectivity index (χ4v) is 3.22. The molecule has 1 fully saturated rings. The molecule has 2 aromatic rings. The molecule has 1 atom stereocenters. The van der Waals surface area contributed by atoms with Crippen molar-refractivity contribution in [3.63, 3.8) is 0 Å². The van der Waals surface area contributed by atoms with Crippen molar-refractivity contribution < 1.29 is 9.18 Å². The first-order valence-electron chi connectivity index (χ1n) is 8.18. The zero-order valence-electron chi connectivity index (χ0n) is 13.6. The Bertz CT molecular complexity index is 667. The Kier molecular flexibility index (Phi) is 5.23. The monoisotopic (exact) mass is 327 g/mol. The first-order chi connectivity index (χ1) is 11.6. The van der Waals surface area contributed by atoms with E-state index in [0.29, 0.717) is 0 Å². The molecule has 1 aliphatic rings. The molecular weight excluding hydrogens is 305 g/mol. The highest BCUT2D eigenvalue weighted by atomic mass is 19.1. The van der Waals surface area contributed by atoms with Gasteiger partial charge in [-0.1, -0.05) is 42.5 Å². The largest absolute Gasteiger partial charge is 0.368 e. The van der Waals surface area contributed by atoms with E-state index >= 15 is 0 Å². The van der Waals surface area contributed by atoms with Crippen molar-refractivity contribution in [3.8, 4) is 0 Å². The van der Waals surface area contributed by atoms with Gasteiger partial charge in [-0.15, -0.1) is 0 Å². The van der Waals surface area contributed by atoms with Crippen LogP contribution in [0.15, 0.2) is 54.6 Å². The number of nitrogens with zero attached hydrogens (tertiary/aromatic N) is 2. The van der Waals surface area contributed by atoms with E-state index in [1.165, 1.54) is 17.7 Å². The molecule has 3 rings (SSSR count). The predicted molar refractivity (Wildman–Crippen MR) is 91.6 cm³/mol. The highest BCUT2D eigenvalue weighted by molar-refractivity contribution is 5.81. The number of benzene rings is 2. The van der Waals surface area contributed by atoms with Crippen molar-refractivity contribution in [3.05, 3.63) is 71.5 Å². The topological polar surface area (TPSA) is 49.6 Å². The van der Waals surface area contributed by atoms with E-state index in [2.05, 4.69) is 21.9 Å². The number of piperazine rings is 1. The molecule has 1 heterocycles. The van der Waals surface area contributed by atoms with Crippen LogP contribution in [0, 0.1) is 5.82 Å². The number of hydrogen-bond donors (Lipinski definition) is 1. The van der Waals surface area contributed by atoms with Crippen LogP contribution < -0.4 is 5.73 Å². The van der Waals surface area contributed by atoms with Gasteiger partial charge >= 0.3 is 0 Å². The number of nitrogens with two attached hydrogens (primary N) is 1. The van der Waals surface area contributed by atoms with E-state index in [4.69, 9.17) is 5.73 Å². The average Bonchev–Trinajstić information content (AvgIpc) is 2.59. The molecule has 1 amide bonds. The molecular formula is C19H22FN3O. The van der Waals surface area contributed by atoms with E-state index in [1.54, 1.807) is 12.1 Å². The van der Waals surface area contributed by atoms with Gasteiger partial charge in [0.25, 0.3) is 0 Å². The Hall–Kier alpha value is -2.24. The summed E-state index contributed by atoms with van der Waals surface area (Å²) >= 11 is 0. The second-order valence-corrected chi connectivity index (χ2v) is 6.15. The van der Waals surface area contributed by atoms with E-state index in [-0.39, 0.29) is 5.82 Å². The number of rotatable bonds is 5. The lowest BCUT2D eigenvalue weighted by Gasteiger charge is -2.38. The highest BCUT2D eigenvalue weighted by Crippen LogP contribution is 2.23. The molecule has 0 aromatic heterocycles. The van der Waals surface area contributed by atoms with Crippen LogP contribution in [0.1, 0.15) is 17.2 Å². The van der Waals surface area contributed by atoms with Gasteiger partial charge < -0.3 is 5.73 Å². The molecule has 5 heteroatoms. The van der Waals surface area contributed by atoms with Crippen LogP contribution in [0.25, 0.3) is 0 Å². The molecule has 126 valence electrons. The third kappa shape index (κ3) is 3.99. The molecule has 4 nitrogen and oxygen atoms in total. The van der Waals surface area contributed by atoms with Crippen molar-refractivity contribution in [1.29, 1.82) is 0 Å². The van der Waals surface area contributed by atoms with Crippen LogP contribution in [0.5, 0.6) is 0 Å². The standard InChI is InChI=1S/C19H22FN3O/c20-17-8-6-16(7-9-17)18(19(21)24)23-12-10-22(11-13-23)14-15-4-2-1-3-5-15/h1-9,18H,10-14H2,(H2,21,24)/t18-/m1/s1. The summed E-state index contributed by atoms with van der Waals surface area (Å²) in [6.45, 7) is 4.18. The number of carbonyl (C=O) groups is 1. The molecule has 0 unspecified atom stereocenters. The van der Waals surface area contributed by atoms with Crippen molar-refractivity contribution >= 4 is 5.91 Å². The second-order valence-electron chi connectivity index (χ2n) is 6.15. The van der Waals surface area contributed by atoms with Gasteiger partial charge in [-0.2, -0.15) is 0 Å². The summed E-state index contributed by atoms with van der Waals surface area (Å²) in [7, 11) is 0. The molecule has 1 saturated heterocycles. The van der Waals surface area contributed by atoms with Gasteiger partial charge in [-0.05, 0) is 23.3 Å². The minimum atomic E-state index is -0.496. The van der Waals surface area contributed by atoms with E-state index < -0.39 is 11.9 Å². The Labute approximate surface area is 141 Å². The van der Waals surface area contributed by atoms with E-state index in [9.17, 15) is 9.18 Å². The molecule has 0 spiro atoms. The fraction of sp³-hybridized carbons (Fsp3) is 0.316. The maximum Gasteiger partial charge on any atom is 0.239 e. The SMILES string of the molecule is NC(=O)[C@@H](c1ccc(F)cc1)N1CCN(Cc2ccccc2)CC1. The summed E-state index contributed by atoms with van der Waals surface area (Å²) in [5.74, 6) is -0.701. The minimum Gasteiger partial charge on any atom is -0.368 e. The molecule has 24 heavy (non-hydrogen) atoms. The zero-order valence-corrected chi connectivity index (χ0v) is 13.6. The third-order valence-electron chi connectivity index (χ3n) is 4.48. The van der Waals surface area contributed by atoms with Crippen LogP contribution in [-0.4, -0.2) is 41.9 Å². The third-order valence-corrected chi connectivity index (χ3v) is 4.48. The smallest absolute Gasteiger partial charge is 0.239 e. The summed E-state index contributed by atoms with van der Waals surface area (Å²) in [6, 6.07) is 15.9. The van der Waals surface area contributed by atoms with Crippen molar-refractivity contribution in [2.75, 3.05) is 26.2 Å². The molecule has 1 aliphatic heterocycles. The van der Waals surface area contributed by atoms with Gasteiger partial charge in [0.15, 0.2) is 0 Å². The summed E-state index contributed by atoms with van der Waals surface area (Å²) in [5, 5.41) is 0. The Morgan fingerprint density at radius 1 is 1.00 bits per heavy atom. The lowest BCUT2D eigenvalue weighted by molar-refractivity contribution is -0.124. The van der Waals surface area contributed by atoms with E-state index in [0.717, 1.165) is 38.3 Å². The number of amides is 1. The number of hydrogen-bond acceptors (Lipinski definition) is 3. The fourth-order valence-electron chi connectivity index (χ4n) is 3.22. The Balaban J connectivity index is 1.63. The van der Waals surface area contributed by atoms with Crippen LogP contribution in [-0.2, 0) is 11.3 Å². The maximum atomic E-state index is 13.1. The van der Waals surface area contributed by atoms with Crippen LogP contribution in [0.3, 0.4) is 0 Å². The molecule has 2 N–H and O–H groups in total. The minimum absolute atomic E-state index is 0.311. The lowest BCUT2D eigenvalue weighted by atomic mass is 10.0. The predicted octanol–water partition coefficient (Wildman–Crippen LogP) is 2.17. The summed E-state index contributed by atoms with van der Waals surface area (Å²) in [4.78, 5) is 16.4. The molecule has 0 aliphatic carbocycles. The number of carbonyl (C=O) groups excluding carboxylic acids is 1. The summed E-state index contributed by atoms with van der Waals surface area (Å²) < 4.78 is 13.1. The normalized spacial score (nSPS) is 17.5. The van der Waals surface area contributed by atoms with Gasteiger partial charge in [0, 0.05) is 32.7 Å². The van der Waals surface area contributed by atoms with Crippen molar-refractivity contribution in [2.24, 2.45) is 5.73 Å². The molecule has 2 aromatic carbocycles. The van der Waals surface area contributed by atoms with Crippen molar-refractivity contribution in [2.45, 2.75) is 12.6 Å². The first kappa shape index (κ1) is 16.6. The number of halogens is 1. The zero-order chi connectivity index (χ0) is 16.9. The van der Waals surface area contributed by atoms with E-state index in [1.807, 2.05) is 18.2 Å². The van der Waals surface area contributed by atoms with Crippen LogP contribution in [0.4, 0.5) is 4.39 Å². The van der Waals surface area contributed by atoms with Crippen LogP contribution >= 0.6 is 0 Å². The Morgan fingerprint density at radius 2 is 1.62 bits per heavy atom. The summed E-state index contributed by atoms with van der Waals surface area (Å²) in [6.07, 6.45) is 0. The summed E-state index contributed by atoms with van der Waals surface area (Å²) in [5.41, 5.74) is 7.65. The quantitative estimate of drug-likeness (QED) is 0.916. The molecule has 0 radical (unpaired) electrons. The second kappa shape index (κ2) is 7.55. The van der Waals surface area contributed by atoms with Gasteiger partial charge in [0.2, 0.25) is 5.91 Å².